The van der Waals surface area contributed by atoms with Crippen molar-refractivity contribution in [1.29, 1.82) is 0 Å². The molecule has 6 heteroatoms. The molecule has 1 aliphatic heterocycles. The number of carbonyl (C=O) groups excluding carboxylic acids is 1. The van der Waals surface area contributed by atoms with E-state index in [1.165, 1.54) is 6.07 Å². The van der Waals surface area contributed by atoms with Gasteiger partial charge in [-0.1, -0.05) is 18.2 Å². The Bertz CT molecular complexity index is 807. The lowest BCUT2D eigenvalue weighted by Crippen LogP contribution is -2.21. The van der Waals surface area contributed by atoms with E-state index in [1.54, 1.807) is 25.5 Å². The Labute approximate surface area is 145 Å². The maximum Gasteiger partial charge on any atom is 0.237 e. The van der Waals surface area contributed by atoms with Gasteiger partial charge in [-0.25, -0.2) is 4.39 Å². The number of fused-ring (bicyclic) bond motifs is 1. The van der Waals surface area contributed by atoms with E-state index in [-0.39, 0.29) is 11.9 Å². The van der Waals surface area contributed by atoms with Crippen molar-refractivity contribution in [3.63, 3.8) is 0 Å². The highest BCUT2D eigenvalue weighted by molar-refractivity contribution is 6.12. The molecule has 1 heterocycles. The van der Waals surface area contributed by atoms with Gasteiger partial charge in [0.15, 0.2) is 0 Å². The summed E-state index contributed by atoms with van der Waals surface area (Å²) in [6.07, 6.45) is 1.55. The predicted octanol–water partition coefficient (Wildman–Crippen LogP) is 3.71. The fraction of sp³-hybridized carbons (Fsp3) is 0.263. The molecule has 2 aromatic carbocycles. The number of amides is 1. The third-order valence-corrected chi connectivity index (χ3v) is 3.98. The smallest absolute Gasteiger partial charge is 0.237 e. The molecule has 130 valence electrons. The number of carbonyl (C=O) groups is 1. The fourth-order valence-corrected chi connectivity index (χ4v) is 2.80. The van der Waals surface area contributed by atoms with E-state index in [4.69, 9.17) is 4.74 Å². The standard InChI is InChI=1S/C19H20FN3O2/c1-12(11-25-2)22-18-8-7-13(9-16(18)20)21-10-15-14-5-3-4-6-17(14)23-19(15)24/h3-10,12,15,22H,11H2,1-2H3,(H,23,24). The number of hydrogen-bond acceptors (Lipinski definition) is 4. The van der Waals surface area contributed by atoms with E-state index < -0.39 is 11.7 Å². The SMILES string of the molecule is COCC(C)Nc1ccc(N=CC2C(=O)Nc3ccccc32)cc1F. The zero-order valence-corrected chi connectivity index (χ0v) is 14.1. The van der Waals surface area contributed by atoms with E-state index >= 15 is 0 Å². The third-order valence-electron chi connectivity index (χ3n) is 3.98. The second-order valence-corrected chi connectivity index (χ2v) is 6.00. The van der Waals surface area contributed by atoms with Crippen molar-refractivity contribution < 1.29 is 13.9 Å². The van der Waals surface area contributed by atoms with Crippen molar-refractivity contribution in [3.05, 3.63) is 53.8 Å². The first-order valence-electron chi connectivity index (χ1n) is 8.07. The van der Waals surface area contributed by atoms with Crippen molar-refractivity contribution in [1.82, 2.24) is 0 Å². The van der Waals surface area contributed by atoms with Gasteiger partial charge in [0.2, 0.25) is 5.91 Å². The molecule has 0 saturated carbocycles. The molecule has 0 spiro atoms. The average molecular weight is 341 g/mol. The quantitative estimate of drug-likeness (QED) is 0.787. The van der Waals surface area contributed by atoms with E-state index in [1.807, 2.05) is 31.2 Å². The van der Waals surface area contributed by atoms with Gasteiger partial charge in [-0.2, -0.15) is 0 Å². The van der Waals surface area contributed by atoms with Gasteiger partial charge in [0.1, 0.15) is 11.7 Å². The van der Waals surface area contributed by atoms with Crippen molar-refractivity contribution in [3.8, 4) is 0 Å². The average Bonchev–Trinajstić information content (AvgIpc) is 2.91. The third kappa shape index (κ3) is 3.85. The van der Waals surface area contributed by atoms with E-state index in [0.29, 0.717) is 18.0 Å². The first kappa shape index (κ1) is 17.1. The number of nitrogens with one attached hydrogen (secondary N) is 2. The highest BCUT2D eigenvalue weighted by Gasteiger charge is 2.28. The lowest BCUT2D eigenvalue weighted by atomic mass is 10.0. The van der Waals surface area contributed by atoms with Gasteiger partial charge in [-0.05, 0) is 30.7 Å². The van der Waals surface area contributed by atoms with Crippen LogP contribution in [0, 0.1) is 5.82 Å². The van der Waals surface area contributed by atoms with Crippen molar-refractivity contribution in [2.75, 3.05) is 24.4 Å². The number of ether oxygens (including phenoxy) is 1. The number of aliphatic imine (C=N–C) groups is 1. The van der Waals surface area contributed by atoms with Crippen LogP contribution < -0.4 is 10.6 Å². The molecule has 2 atom stereocenters. The molecular formula is C19H20FN3O2. The van der Waals surface area contributed by atoms with Gasteiger partial charge in [0, 0.05) is 31.1 Å². The lowest BCUT2D eigenvalue weighted by Gasteiger charge is -2.14. The molecule has 2 aromatic rings. The molecule has 2 unspecified atom stereocenters. The van der Waals surface area contributed by atoms with Gasteiger partial charge >= 0.3 is 0 Å². The normalized spacial score (nSPS) is 17.4. The molecule has 5 nitrogen and oxygen atoms in total. The largest absolute Gasteiger partial charge is 0.383 e. The summed E-state index contributed by atoms with van der Waals surface area (Å²) >= 11 is 0. The second kappa shape index (κ2) is 7.44. The number of hydrogen-bond donors (Lipinski definition) is 2. The molecule has 1 amide bonds. The van der Waals surface area contributed by atoms with Gasteiger partial charge in [0.05, 0.1) is 18.0 Å². The molecule has 0 aliphatic carbocycles. The number of benzene rings is 2. The van der Waals surface area contributed by atoms with Crippen LogP contribution >= 0.6 is 0 Å². The lowest BCUT2D eigenvalue weighted by molar-refractivity contribution is -0.115. The van der Waals surface area contributed by atoms with Crippen LogP contribution in [0.2, 0.25) is 0 Å². The zero-order valence-electron chi connectivity index (χ0n) is 14.1. The molecule has 2 N–H and O–H groups in total. The van der Waals surface area contributed by atoms with Crippen LogP contribution in [-0.2, 0) is 9.53 Å². The molecule has 1 aliphatic rings. The van der Waals surface area contributed by atoms with Gasteiger partial charge < -0.3 is 15.4 Å². The molecule has 25 heavy (non-hydrogen) atoms. The summed E-state index contributed by atoms with van der Waals surface area (Å²) in [6, 6.07) is 12.2. The number of halogens is 1. The second-order valence-electron chi connectivity index (χ2n) is 6.00. The number of rotatable bonds is 6. The van der Waals surface area contributed by atoms with Crippen LogP contribution in [0.4, 0.5) is 21.5 Å². The summed E-state index contributed by atoms with van der Waals surface area (Å²) in [5, 5.41) is 5.85. The summed E-state index contributed by atoms with van der Waals surface area (Å²) in [6.45, 7) is 2.39. The highest BCUT2D eigenvalue weighted by atomic mass is 19.1. The summed E-state index contributed by atoms with van der Waals surface area (Å²) in [7, 11) is 1.60. The Hall–Kier alpha value is -2.73. The summed E-state index contributed by atoms with van der Waals surface area (Å²) in [4.78, 5) is 16.3. The molecule has 0 bridgehead atoms. The van der Waals surface area contributed by atoms with Crippen molar-refractivity contribution in [2.45, 2.75) is 18.9 Å². The minimum Gasteiger partial charge on any atom is -0.383 e. The van der Waals surface area contributed by atoms with Crippen molar-refractivity contribution in [2.24, 2.45) is 4.99 Å². The molecular weight excluding hydrogens is 321 g/mol. The van der Waals surface area contributed by atoms with Crippen LogP contribution in [0.3, 0.4) is 0 Å². The van der Waals surface area contributed by atoms with Crippen molar-refractivity contribution >= 4 is 29.2 Å². The maximum atomic E-state index is 14.2. The van der Waals surface area contributed by atoms with Gasteiger partial charge in [-0.15, -0.1) is 0 Å². The highest BCUT2D eigenvalue weighted by Crippen LogP contribution is 2.31. The number of nitrogens with zero attached hydrogens (tertiary/aromatic N) is 1. The monoisotopic (exact) mass is 341 g/mol. The van der Waals surface area contributed by atoms with Gasteiger partial charge in [-0.3, -0.25) is 9.79 Å². The maximum absolute atomic E-state index is 14.2. The Morgan fingerprint density at radius 1 is 1.36 bits per heavy atom. The summed E-state index contributed by atoms with van der Waals surface area (Å²) < 4.78 is 19.2. The Balaban J connectivity index is 1.74. The van der Waals surface area contributed by atoms with E-state index in [2.05, 4.69) is 15.6 Å². The first-order chi connectivity index (χ1) is 12.1. The van der Waals surface area contributed by atoms with E-state index in [9.17, 15) is 9.18 Å². The van der Waals surface area contributed by atoms with Crippen LogP contribution in [0.1, 0.15) is 18.4 Å². The molecule has 0 aromatic heterocycles. The minimum absolute atomic E-state index is 0.00691. The minimum atomic E-state index is -0.459. The topological polar surface area (TPSA) is 62.7 Å². The molecule has 0 fully saturated rings. The Morgan fingerprint density at radius 2 is 2.16 bits per heavy atom. The van der Waals surface area contributed by atoms with Crippen LogP contribution in [0.5, 0.6) is 0 Å². The first-order valence-corrected chi connectivity index (χ1v) is 8.07. The molecule has 0 saturated heterocycles. The van der Waals surface area contributed by atoms with Crippen LogP contribution in [0.15, 0.2) is 47.5 Å². The Kier molecular flexibility index (Phi) is 5.09. The van der Waals surface area contributed by atoms with Crippen LogP contribution in [0.25, 0.3) is 0 Å². The summed E-state index contributed by atoms with van der Waals surface area (Å²) in [5.74, 6) is -0.982. The number of anilines is 2. The van der Waals surface area contributed by atoms with Gasteiger partial charge in [0.25, 0.3) is 0 Å². The molecule has 0 radical (unpaired) electrons. The zero-order chi connectivity index (χ0) is 17.8. The fourth-order valence-electron chi connectivity index (χ4n) is 2.80. The van der Waals surface area contributed by atoms with E-state index in [0.717, 1.165) is 11.3 Å². The molecule has 3 rings (SSSR count). The number of methoxy groups -OCH3 is 1. The predicted molar refractivity (Wildman–Crippen MR) is 97.3 cm³/mol. The number of para-hydroxylation sites is 1. The summed E-state index contributed by atoms with van der Waals surface area (Å²) in [5.41, 5.74) is 2.53. The van der Waals surface area contributed by atoms with Crippen LogP contribution in [-0.4, -0.2) is 31.9 Å². The Morgan fingerprint density at radius 3 is 2.92 bits per heavy atom.